The molecule has 1 fully saturated rings. The van der Waals surface area contributed by atoms with Gasteiger partial charge in [0.15, 0.2) is 0 Å². The van der Waals surface area contributed by atoms with Crippen LogP contribution in [0.4, 0.5) is 17.1 Å². The number of carbonyl (C=O) groups is 1. The van der Waals surface area contributed by atoms with Crippen molar-refractivity contribution in [2.75, 3.05) is 55.9 Å². The number of benzene rings is 1. The zero-order valence-corrected chi connectivity index (χ0v) is 11.9. The fourth-order valence-corrected chi connectivity index (χ4v) is 2.26. The lowest BCUT2D eigenvalue weighted by Crippen LogP contribution is -2.37. The highest BCUT2D eigenvalue weighted by Crippen LogP contribution is 2.31. The Morgan fingerprint density at radius 2 is 2.15 bits per heavy atom. The van der Waals surface area contributed by atoms with Crippen molar-refractivity contribution in [1.29, 1.82) is 0 Å². The minimum atomic E-state index is -0.344. The van der Waals surface area contributed by atoms with Crippen LogP contribution in [-0.4, -0.2) is 45.9 Å². The van der Waals surface area contributed by atoms with Gasteiger partial charge in [0.1, 0.15) is 0 Å². The fourth-order valence-electron chi connectivity index (χ4n) is 2.26. The third-order valence-electron chi connectivity index (χ3n) is 3.28. The topological polar surface area (TPSA) is 76.8 Å². The third kappa shape index (κ3) is 2.96. The first kappa shape index (κ1) is 14.5. The summed E-state index contributed by atoms with van der Waals surface area (Å²) >= 11 is 0. The molecule has 3 N–H and O–H groups in total. The molecule has 1 aliphatic heterocycles. The Balaban J connectivity index is 2.41. The summed E-state index contributed by atoms with van der Waals surface area (Å²) in [6.07, 6.45) is 0. The Kier molecular flexibility index (Phi) is 4.68. The van der Waals surface area contributed by atoms with Gasteiger partial charge in [-0.25, -0.2) is 4.79 Å². The molecule has 6 nitrogen and oxygen atoms in total. The second-order valence-corrected chi connectivity index (χ2v) is 4.53. The Morgan fingerprint density at radius 3 is 2.75 bits per heavy atom. The number of hydrogen-bond donors (Lipinski definition) is 2. The molecule has 6 heteroatoms. The maximum atomic E-state index is 12.1. The van der Waals surface area contributed by atoms with Crippen LogP contribution in [-0.2, 0) is 9.47 Å². The summed E-state index contributed by atoms with van der Waals surface area (Å²) in [4.78, 5) is 14.2. The Bertz CT molecular complexity index is 485. The number of rotatable bonds is 4. The van der Waals surface area contributed by atoms with Crippen molar-refractivity contribution in [2.24, 2.45) is 0 Å². The fraction of sp³-hybridized carbons (Fsp3) is 0.500. The molecule has 1 saturated heterocycles. The predicted octanol–water partition coefficient (Wildman–Crippen LogP) is 1.32. The standard InChI is InChI=1S/C14H21N3O3/c1-3-20-14(18)10-8-11(15)12(16-2)9-13(10)17-4-6-19-7-5-17/h8-9,16H,3-7,15H2,1-2H3. The van der Waals surface area contributed by atoms with Gasteiger partial charge in [0.2, 0.25) is 0 Å². The molecule has 0 bridgehead atoms. The molecule has 20 heavy (non-hydrogen) atoms. The molecule has 2 rings (SSSR count). The number of nitrogens with two attached hydrogens (primary N) is 1. The van der Waals surface area contributed by atoms with Crippen molar-refractivity contribution in [3.63, 3.8) is 0 Å². The Labute approximate surface area is 118 Å². The lowest BCUT2D eigenvalue weighted by atomic mass is 10.1. The number of nitrogen functional groups attached to an aromatic ring is 1. The number of nitrogens with zero attached hydrogens (tertiary/aromatic N) is 1. The molecular formula is C14H21N3O3. The Hall–Kier alpha value is -1.95. The van der Waals surface area contributed by atoms with E-state index < -0.39 is 0 Å². The molecule has 1 aromatic rings. The highest BCUT2D eigenvalue weighted by atomic mass is 16.5. The van der Waals surface area contributed by atoms with Crippen molar-refractivity contribution >= 4 is 23.0 Å². The SMILES string of the molecule is CCOC(=O)c1cc(N)c(NC)cc1N1CCOCC1. The van der Waals surface area contributed by atoms with Gasteiger partial charge in [-0.3, -0.25) is 0 Å². The highest BCUT2D eigenvalue weighted by molar-refractivity contribution is 5.99. The third-order valence-corrected chi connectivity index (χ3v) is 3.28. The molecule has 0 saturated carbocycles. The van der Waals surface area contributed by atoms with Crippen LogP contribution in [0.3, 0.4) is 0 Å². The minimum absolute atomic E-state index is 0.342. The molecule has 0 unspecified atom stereocenters. The zero-order valence-electron chi connectivity index (χ0n) is 11.9. The van der Waals surface area contributed by atoms with E-state index in [1.807, 2.05) is 6.07 Å². The normalized spacial score (nSPS) is 15.0. The maximum Gasteiger partial charge on any atom is 0.340 e. The van der Waals surface area contributed by atoms with Gasteiger partial charge in [0, 0.05) is 20.1 Å². The molecule has 0 atom stereocenters. The molecule has 0 spiro atoms. The molecule has 0 aromatic heterocycles. The van der Waals surface area contributed by atoms with Crippen molar-refractivity contribution in [3.05, 3.63) is 17.7 Å². The van der Waals surface area contributed by atoms with Gasteiger partial charge in [-0.05, 0) is 19.1 Å². The van der Waals surface area contributed by atoms with E-state index in [2.05, 4.69) is 10.2 Å². The number of anilines is 3. The van der Waals surface area contributed by atoms with E-state index in [-0.39, 0.29) is 5.97 Å². The second kappa shape index (κ2) is 6.47. The summed E-state index contributed by atoms with van der Waals surface area (Å²) in [5.41, 5.74) is 8.63. The number of carbonyl (C=O) groups excluding carboxylic acids is 1. The van der Waals surface area contributed by atoms with Gasteiger partial charge < -0.3 is 25.4 Å². The smallest absolute Gasteiger partial charge is 0.340 e. The van der Waals surface area contributed by atoms with Crippen LogP contribution >= 0.6 is 0 Å². The lowest BCUT2D eigenvalue weighted by Gasteiger charge is -2.30. The van der Waals surface area contributed by atoms with E-state index in [0.717, 1.165) is 24.5 Å². The molecule has 0 radical (unpaired) electrons. The zero-order chi connectivity index (χ0) is 14.5. The number of esters is 1. The van der Waals surface area contributed by atoms with Gasteiger partial charge in [-0.2, -0.15) is 0 Å². The monoisotopic (exact) mass is 279 g/mol. The van der Waals surface area contributed by atoms with E-state index >= 15 is 0 Å². The van der Waals surface area contributed by atoms with Crippen LogP contribution < -0.4 is 16.0 Å². The minimum Gasteiger partial charge on any atom is -0.462 e. The average Bonchev–Trinajstić information content (AvgIpc) is 2.48. The van der Waals surface area contributed by atoms with Crippen LogP contribution in [0.15, 0.2) is 12.1 Å². The molecule has 1 aromatic carbocycles. The summed E-state index contributed by atoms with van der Waals surface area (Å²) in [6.45, 7) is 4.94. The van der Waals surface area contributed by atoms with Gasteiger partial charge in [-0.1, -0.05) is 0 Å². The summed E-state index contributed by atoms with van der Waals surface area (Å²) in [6, 6.07) is 3.57. The van der Waals surface area contributed by atoms with Crippen molar-refractivity contribution < 1.29 is 14.3 Å². The quantitative estimate of drug-likeness (QED) is 0.639. The largest absolute Gasteiger partial charge is 0.462 e. The first-order chi connectivity index (χ1) is 9.67. The summed E-state index contributed by atoms with van der Waals surface area (Å²) in [5, 5.41) is 3.04. The first-order valence-electron chi connectivity index (χ1n) is 6.78. The van der Waals surface area contributed by atoms with E-state index in [4.69, 9.17) is 15.2 Å². The molecule has 1 aliphatic rings. The molecule has 110 valence electrons. The van der Waals surface area contributed by atoms with E-state index in [1.54, 1.807) is 20.0 Å². The maximum absolute atomic E-state index is 12.1. The predicted molar refractivity (Wildman–Crippen MR) is 79.4 cm³/mol. The van der Waals surface area contributed by atoms with Crippen LogP contribution in [0.1, 0.15) is 17.3 Å². The van der Waals surface area contributed by atoms with Crippen LogP contribution in [0.5, 0.6) is 0 Å². The lowest BCUT2D eigenvalue weighted by molar-refractivity contribution is 0.0526. The van der Waals surface area contributed by atoms with Crippen LogP contribution in [0.2, 0.25) is 0 Å². The van der Waals surface area contributed by atoms with Crippen LogP contribution in [0, 0.1) is 0 Å². The summed E-state index contributed by atoms with van der Waals surface area (Å²) in [5.74, 6) is -0.344. The van der Waals surface area contributed by atoms with Crippen molar-refractivity contribution in [2.45, 2.75) is 6.92 Å². The van der Waals surface area contributed by atoms with E-state index in [9.17, 15) is 4.79 Å². The molecule has 1 heterocycles. The van der Waals surface area contributed by atoms with E-state index in [0.29, 0.717) is 31.1 Å². The molecule has 0 amide bonds. The van der Waals surface area contributed by atoms with Crippen LogP contribution in [0.25, 0.3) is 0 Å². The van der Waals surface area contributed by atoms with Gasteiger partial charge in [0.25, 0.3) is 0 Å². The molecule has 0 aliphatic carbocycles. The number of ether oxygens (including phenoxy) is 2. The van der Waals surface area contributed by atoms with Gasteiger partial charge in [-0.15, -0.1) is 0 Å². The summed E-state index contributed by atoms with van der Waals surface area (Å²) < 4.78 is 10.5. The van der Waals surface area contributed by atoms with Gasteiger partial charge >= 0.3 is 5.97 Å². The van der Waals surface area contributed by atoms with Crippen molar-refractivity contribution in [3.8, 4) is 0 Å². The van der Waals surface area contributed by atoms with Gasteiger partial charge in [0.05, 0.1) is 42.4 Å². The second-order valence-electron chi connectivity index (χ2n) is 4.53. The Morgan fingerprint density at radius 1 is 1.45 bits per heavy atom. The highest BCUT2D eigenvalue weighted by Gasteiger charge is 2.21. The number of hydrogen-bond acceptors (Lipinski definition) is 6. The average molecular weight is 279 g/mol. The number of morpholine rings is 1. The number of nitrogens with one attached hydrogen (secondary N) is 1. The molecular weight excluding hydrogens is 258 g/mol. The van der Waals surface area contributed by atoms with E-state index in [1.165, 1.54) is 0 Å². The summed E-state index contributed by atoms with van der Waals surface area (Å²) in [7, 11) is 1.80. The first-order valence-corrected chi connectivity index (χ1v) is 6.78. The van der Waals surface area contributed by atoms with Crippen molar-refractivity contribution in [1.82, 2.24) is 0 Å².